The van der Waals surface area contributed by atoms with Crippen molar-refractivity contribution >= 4 is 5.69 Å². The zero-order valence-electron chi connectivity index (χ0n) is 9.37. The van der Waals surface area contributed by atoms with E-state index in [0.29, 0.717) is 11.7 Å². The Kier molecular flexibility index (Phi) is 2.48. The minimum absolute atomic E-state index is 0.383. The standard InChI is InChI=1S/C13H18N2O/c16-12-3-1-2-11-9(6-7-14-13(11)12)8-15-10-4-5-10/h1-3,9-10,14-16H,4-8H2. The van der Waals surface area contributed by atoms with Crippen LogP contribution in [0.25, 0.3) is 0 Å². The maximum atomic E-state index is 9.78. The van der Waals surface area contributed by atoms with Crippen LogP contribution in [-0.2, 0) is 0 Å². The lowest BCUT2D eigenvalue weighted by atomic mass is 9.90. The molecule has 0 radical (unpaired) electrons. The van der Waals surface area contributed by atoms with Crippen LogP contribution in [0.15, 0.2) is 18.2 Å². The molecule has 1 aromatic rings. The van der Waals surface area contributed by atoms with Crippen molar-refractivity contribution in [2.45, 2.75) is 31.2 Å². The average Bonchev–Trinajstić information content (AvgIpc) is 3.11. The van der Waals surface area contributed by atoms with Gasteiger partial charge in [0.05, 0.1) is 5.69 Å². The van der Waals surface area contributed by atoms with Crippen LogP contribution in [0, 0.1) is 0 Å². The fourth-order valence-electron chi connectivity index (χ4n) is 2.43. The van der Waals surface area contributed by atoms with E-state index in [1.165, 1.54) is 18.4 Å². The second-order valence-corrected chi connectivity index (χ2v) is 4.84. The van der Waals surface area contributed by atoms with E-state index in [4.69, 9.17) is 0 Å². The second kappa shape index (κ2) is 3.98. The molecule has 0 spiro atoms. The van der Waals surface area contributed by atoms with Gasteiger partial charge in [0.15, 0.2) is 0 Å². The third-order valence-corrected chi connectivity index (χ3v) is 3.54. The van der Waals surface area contributed by atoms with Crippen molar-refractivity contribution < 1.29 is 5.11 Å². The van der Waals surface area contributed by atoms with Crippen molar-refractivity contribution in [1.82, 2.24) is 5.32 Å². The molecule has 3 N–H and O–H groups in total. The number of nitrogens with one attached hydrogen (secondary N) is 2. The lowest BCUT2D eigenvalue weighted by molar-refractivity contribution is 0.471. The molecule has 0 amide bonds. The molecule has 1 aliphatic carbocycles. The van der Waals surface area contributed by atoms with Crippen LogP contribution in [0.5, 0.6) is 5.75 Å². The Morgan fingerprint density at radius 1 is 1.31 bits per heavy atom. The van der Waals surface area contributed by atoms with Crippen LogP contribution in [0.2, 0.25) is 0 Å². The summed E-state index contributed by atoms with van der Waals surface area (Å²) in [6, 6.07) is 6.57. The van der Waals surface area contributed by atoms with Crippen LogP contribution < -0.4 is 10.6 Å². The molecule has 1 unspecified atom stereocenters. The Hall–Kier alpha value is -1.22. The molecule has 3 heteroatoms. The first-order valence-corrected chi connectivity index (χ1v) is 6.14. The molecule has 0 saturated heterocycles. The predicted molar refractivity (Wildman–Crippen MR) is 65.0 cm³/mol. The normalized spacial score (nSPS) is 23.6. The number of anilines is 1. The number of para-hydroxylation sites is 1. The summed E-state index contributed by atoms with van der Waals surface area (Å²) in [5, 5.41) is 16.6. The predicted octanol–water partition coefficient (Wildman–Crippen LogP) is 2.04. The van der Waals surface area contributed by atoms with Gasteiger partial charge in [-0.25, -0.2) is 0 Å². The van der Waals surface area contributed by atoms with E-state index in [1.807, 2.05) is 6.07 Å². The Bertz CT molecular complexity index is 388. The molecule has 3 nitrogen and oxygen atoms in total. The minimum Gasteiger partial charge on any atom is -0.506 e. The molecule has 2 aliphatic rings. The highest BCUT2D eigenvalue weighted by Gasteiger charge is 2.25. The molecule has 1 heterocycles. The highest BCUT2D eigenvalue weighted by molar-refractivity contribution is 5.64. The topological polar surface area (TPSA) is 44.3 Å². The maximum absolute atomic E-state index is 9.78. The average molecular weight is 218 g/mol. The monoisotopic (exact) mass is 218 g/mol. The largest absolute Gasteiger partial charge is 0.506 e. The van der Waals surface area contributed by atoms with Gasteiger partial charge in [0.1, 0.15) is 5.75 Å². The molecule has 0 bridgehead atoms. The Morgan fingerprint density at radius 3 is 3.00 bits per heavy atom. The first-order chi connectivity index (χ1) is 7.84. The van der Waals surface area contributed by atoms with Crippen molar-refractivity contribution in [3.05, 3.63) is 23.8 Å². The third kappa shape index (κ3) is 1.87. The number of phenolic OH excluding ortho intramolecular Hbond substituents is 1. The van der Waals surface area contributed by atoms with Crippen molar-refractivity contribution in [3.63, 3.8) is 0 Å². The molecule has 1 fully saturated rings. The highest BCUT2D eigenvalue weighted by Crippen LogP contribution is 2.37. The van der Waals surface area contributed by atoms with Gasteiger partial charge in [-0.3, -0.25) is 0 Å². The van der Waals surface area contributed by atoms with Crippen LogP contribution in [0.3, 0.4) is 0 Å². The molecule has 16 heavy (non-hydrogen) atoms. The Morgan fingerprint density at radius 2 is 2.19 bits per heavy atom. The summed E-state index contributed by atoms with van der Waals surface area (Å²) in [5.74, 6) is 0.928. The first-order valence-electron chi connectivity index (χ1n) is 6.14. The van der Waals surface area contributed by atoms with Gasteiger partial charge in [0.2, 0.25) is 0 Å². The summed E-state index contributed by atoms with van der Waals surface area (Å²) in [6.45, 7) is 2.00. The number of aromatic hydroxyl groups is 1. The van der Waals surface area contributed by atoms with Crippen LogP contribution in [-0.4, -0.2) is 24.2 Å². The van der Waals surface area contributed by atoms with Gasteiger partial charge in [-0.2, -0.15) is 0 Å². The molecule has 1 saturated carbocycles. The van der Waals surface area contributed by atoms with E-state index in [2.05, 4.69) is 16.7 Å². The van der Waals surface area contributed by atoms with E-state index in [-0.39, 0.29) is 0 Å². The van der Waals surface area contributed by atoms with Gasteiger partial charge in [-0.15, -0.1) is 0 Å². The van der Waals surface area contributed by atoms with E-state index < -0.39 is 0 Å². The van der Waals surface area contributed by atoms with Crippen LogP contribution in [0.1, 0.15) is 30.7 Å². The van der Waals surface area contributed by atoms with E-state index in [1.54, 1.807) is 6.07 Å². The van der Waals surface area contributed by atoms with Crippen LogP contribution >= 0.6 is 0 Å². The van der Waals surface area contributed by atoms with Crippen molar-refractivity contribution in [2.24, 2.45) is 0 Å². The number of phenols is 1. The number of rotatable bonds is 3. The van der Waals surface area contributed by atoms with Crippen molar-refractivity contribution in [3.8, 4) is 5.75 Å². The molecule has 0 aromatic heterocycles. The third-order valence-electron chi connectivity index (χ3n) is 3.54. The van der Waals surface area contributed by atoms with Gasteiger partial charge < -0.3 is 15.7 Å². The SMILES string of the molecule is Oc1cccc2c1NCCC2CNC1CC1. The van der Waals surface area contributed by atoms with E-state index in [0.717, 1.165) is 31.2 Å². The molecule has 1 aliphatic heterocycles. The quantitative estimate of drug-likeness (QED) is 0.680. The fraction of sp³-hybridized carbons (Fsp3) is 0.538. The number of hydrogen-bond acceptors (Lipinski definition) is 3. The minimum atomic E-state index is 0.383. The highest BCUT2D eigenvalue weighted by atomic mass is 16.3. The number of fused-ring (bicyclic) bond motifs is 1. The summed E-state index contributed by atoms with van der Waals surface area (Å²) in [5.41, 5.74) is 2.20. The lowest BCUT2D eigenvalue weighted by Crippen LogP contribution is -2.28. The molecule has 1 atom stereocenters. The molecule has 1 aromatic carbocycles. The van der Waals surface area contributed by atoms with Gasteiger partial charge in [-0.05, 0) is 30.9 Å². The summed E-state index contributed by atoms with van der Waals surface area (Å²) < 4.78 is 0. The molecular weight excluding hydrogens is 200 g/mol. The summed E-state index contributed by atoms with van der Waals surface area (Å²) >= 11 is 0. The smallest absolute Gasteiger partial charge is 0.138 e. The summed E-state index contributed by atoms with van der Waals surface area (Å²) in [4.78, 5) is 0. The zero-order valence-corrected chi connectivity index (χ0v) is 9.37. The second-order valence-electron chi connectivity index (χ2n) is 4.84. The summed E-state index contributed by atoms with van der Waals surface area (Å²) in [6.07, 6.45) is 3.81. The van der Waals surface area contributed by atoms with Gasteiger partial charge in [0.25, 0.3) is 0 Å². The lowest BCUT2D eigenvalue weighted by Gasteiger charge is -2.27. The van der Waals surface area contributed by atoms with E-state index >= 15 is 0 Å². The summed E-state index contributed by atoms with van der Waals surface area (Å²) in [7, 11) is 0. The van der Waals surface area contributed by atoms with Crippen molar-refractivity contribution in [2.75, 3.05) is 18.4 Å². The maximum Gasteiger partial charge on any atom is 0.138 e. The van der Waals surface area contributed by atoms with Gasteiger partial charge in [0, 0.05) is 25.0 Å². The van der Waals surface area contributed by atoms with Crippen molar-refractivity contribution in [1.29, 1.82) is 0 Å². The van der Waals surface area contributed by atoms with E-state index in [9.17, 15) is 5.11 Å². The van der Waals surface area contributed by atoms with Gasteiger partial charge >= 0.3 is 0 Å². The van der Waals surface area contributed by atoms with Gasteiger partial charge in [-0.1, -0.05) is 12.1 Å². The number of hydrogen-bond donors (Lipinski definition) is 3. The first kappa shape index (κ1) is 9.97. The molecular formula is C13H18N2O. The number of benzene rings is 1. The Balaban J connectivity index is 1.78. The molecule has 86 valence electrons. The van der Waals surface area contributed by atoms with Crippen LogP contribution in [0.4, 0.5) is 5.69 Å². The zero-order chi connectivity index (χ0) is 11.0. The fourth-order valence-corrected chi connectivity index (χ4v) is 2.43. The molecule has 3 rings (SSSR count). The Labute approximate surface area is 95.9 Å².